The summed E-state index contributed by atoms with van der Waals surface area (Å²) >= 11 is 0. The van der Waals surface area contributed by atoms with Gasteiger partial charge >= 0.3 is 0 Å². The summed E-state index contributed by atoms with van der Waals surface area (Å²) in [6.45, 7) is 13.0. The van der Waals surface area contributed by atoms with Crippen molar-refractivity contribution in [3.8, 4) is 0 Å². The maximum absolute atomic E-state index is 9.61. The van der Waals surface area contributed by atoms with Crippen LogP contribution in [0, 0.1) is 10.8 Å². The molecule has 0 radical (unpaired) electrons. The third-order valence-corrected chi connectivity index (χ3v) is 11.2. The van der Waals surface area contributed by atoms with Gasteiger partial charge in [-0.25, -0.2) is 0 Å². The van der Waals surface area contributed by atoms with Crippen LogP contribution in [0.1, 0.15) is 252 Å². The van der Waals surface area contributed by atoms with Crippen molar-refractivity contribution < 1.29 is 14.6 Å². The van der Waals surface area contributed by atoms with Crippen molar-refractivity contribution in [2.75, 3.05) is 32.8 Å². The molecule has 0 unspecified atom stereocenters. The molecule has 0 amide bonds. The van der Waals surface area contributed by atoms with E-state index in [0.717, 1.165) is 77.4 Å². The average molecular weight is 750 g/mol. The van der Waals surface area contributed by atoms with E-state index in [0.29, 0.717) is 18.4 Å². The highest BCUT2D eigenvalue weighted by Crippen LogP contribution is 2.33. The molecule has 0 atom stereocenters. The van der Waals surface area contributed by atoms with Crippen LogP contribution in [-0.4, -0.2) is 60.3 Å². The van der Waals surface area contributed by atoms with Crippen LogP contribution in [-0.2, 0) is 9.47 Å². The highest BCUT2D eigenvalue weighted by molar-refractivity contribution is 5.73. The Bertz CT molecular complexity index is 760. The van der Waals surface area contributed by atoms with E-state index in [1.807, 2.05) is 0 Å². The molecule has 53 heavy (non-hydrogen) atoms. The van der Waals surface area contributed by atoms with Gasteiger partial charge < -0.3 is 19.5 Å². The first-order valence-electron chi connectivity index (χ1n) is 23.8. The number of nitrogens with zero attached hydrogens (tertiary/aromatic N) is 1. The van der Waals surface area contributed by atoms with Crippen molar-refractivity contribution in [1.29, 1.82) is 10.8 Å². The maximum atomic E-state index is 9.61. The van der Waals surface area contributed by atoms with Gasteiger partial charge in [-0.15, -0.1) is 0 Å². The molecular weight excluding hydrogens is 655 g/mol. The number of hydrogen-bond acceptors (Lipinski definition) is 6. The fraction of sp³-hybridized carbons (Fsp3) is 0.957. The molecule has 0 fully saturated rings. The Balaban J connectivity index is 4.22. The fourth-order valence-corrected chi connectivity index (χ4v) is 7.86. The largest absolute Gasteiger partial charge is 0.481 e. The molecule has 6 heteroatoms. The molecule has 0 saturated heterocycles. The van der Waals surface area contributed by atoms with E-state index in [-0.39, 0.29) is 12.2 Å². The molecule has 0 aliphatic carbocycles. The smallest absolute Gasteiger partial charge is 0.181 e. The second-order valence-corrected chi connectivity index (χ2v) is 16.5. The molecule has 0 saturated carbocycles. The molecule has 0 aliphatic heterocycles. The predicted molar refractivity (Wildman–Crippen MR) is 233 cm³/mol. The van der Waals surface area contributed by atoms with Gasteiger partial charge in [0.2, 0.25) is 0 Å². The number of ether oxygens (including phenoxy) is 2. The molecular formula is C47H95N3O3. The van der Waals surface area contributed by atoms with Crippen LogP contribution >= 0.6 is 0 Å². The average Bonchev–Trinajstić information content (AvgIpc) is 3.14. The lowest BCUT2D eigenvalue weighted by molar-refractivity contribution is 0.0187. The summed E-state index contributed by atoms with van der Waals surface area (Å²) in [6.07, 6.45) is 42.4. The van der Waals surface area contributed by atoms with E-state index in [1.54, 1.807) is 0 Å². The van der Waals surface area contributed by atoms with E-state index in [9.17, 15) is 5.11 Å². The number of hydrogen-bond donors (Lipinski definition) is 3. The number of rotatable bonds is 43. The molecule has 0 aromatic rings. The first kappa shape index (κ1) is 51.9. The summed E-state index contributed by atoms with van der Waals surface area (Å²) in [7, 11) is 0. The second-order valence-electron chi connectivity index (χ2n) is 16.5. The number of unbranched alkanes of at least 4 members (excludes halogenated alkanes) is 24. The Kier molecular flexibility index (Phi) is 39.6. The molecule has 0 aromatic carbocycles. The van der Waals surface area contributed by atoms with E-state index in [4.69, 9.17) is 20.3 Å². The van der Waals surface area contributed by atoms with Gasteiger partial charge in [0.15, 0.2) is 11.8 Å². The van der Waals surface area contributed by atoms with Crippen LogP contribution in [0.15, 0.2) is 0 Å². The molecule has 0 aromatic heterocycles. The van der Waals surface area contributed by atoms with Crippen molar-refractivity contribution in [1.82, 2.24) is 4.90 Å². The summed E-state index contributed by atoms with van der Waals surface area (Å²) in [5.74, 6) is 1.01. The Morgan fingerprint density at radius 2 is 0.830 bits per heavy atom. The van der Waals surface area contributed by atoms with Crippen LogP contribution in [0.2, 0.25) is 0 Å². The summed E-state index contributed by atoms with van der Waals surface area (Å²) in [5, 5.41) is 26.5. The normalized spacial score (nSPS) is 11.8. The van der Waals surface area contributed by atoms with Gasteiger partial charge in [-0.1, -0.05) is 175 Å². The molecule has 3 N–H and O–H groups in total. The standard InChI is InChI=1S/C47H95N3O3/c1-5-9-12-15-18-27-34-44-52-45(48)35-28-21-19-25-32-40-50(42-43-51)41-33-26-20-22-29-36-46(49)53-47(37-8-4,38-30-23-16-13-10-6-2)39-31-24-17-14-11-7-3/h48-49,51H,5-44H2,1-4H3. The summed E-state index contributed by atoms with van der Waals surface area (Å²) in [6, 6.07) is 0. The summed E-state index contributed by atoms with van der Waals surface area (Å²) < 4.78 is 12.3. The Labute approximate surface area is 332 Å². The van der Waals surface area contributed by atoms with Crippen molar-refractivity contribution in [2.24, 2.45) is 0 Å². The zero-order valence-corrected chi connectivity index (χ0v) is 36.5. The summed E-state index contributed by atoms with van der Waals surface area (Å²) in [4.78, 5) is 2.44. The Morgan fingerprint density at radius 3 is 1.28 bits per heavy atom. The van der Waals surface area contributed by atoms with Crippen molar-refractivity contribution in [3.05, 3.63) is 0 Å². The molecule has 0 bridgehead atoms. The molecule has 0 spiro atoms. The van der Waals surface area contributed by atoms with Gasteiger partial charge in [0.25, 0.3) is 0 Å². The molecule has 316 valence electrons. The molecule has 6 nitrogen and oxygen atoms in total. The third-order valence-electron chi connectivity index (χ3n) is 11.2. The maximum Gasteiger partial charge on any atom is 0.181 e. The Hall–Kier alpha value is -1.14. The van der Waals surface area contributed by atoms with Crippen molar-refractivity contribution in [2.45, 2.75) is 258 Å². The number of aliphatic hydroxyl groups is 1. The van der Waals surface area contributed by atoms with Crippen LogP contribution in [0.5, 0.6) is 0 Å². The minimum atomic E-state index is -0.122. The van der Waals surface area contributed by atoms with Crippen LogP contribution in [0.4, 0.5) is 0 Å². The topological polar surface area (TPSA) is 89.6 Å². The first-order valence-corrected chi connectivity index (χ1v) is 23.8. The zero-order chi connectivity index (χ0) is 38.9. The van der Waals surface area contributed by atoms with Crippen LogP contribution in [0.25, 0.3) is 0 Å². The van der Waals surface area contributed by atoms with Gasteiger partial charge in [-0.2, -0.15) is 0 Å². The van der Waals surface area contributed by atoms with Gasteiger partial charge in [0, 0.05) is 19.4 Å². The number of aliphatic hydroxyl groups excluding tert-OH is 1. The zero-order valence-electron chi connectivity index (χ0n) is 36.5. The highest BCUT2D eigenvalue weighted by Gasteiger charge is 2.31. The van der Waals surface area contributed by atoms with Crippen molar-refractivity contribution >= 4 is 11.8 Å². The minimum Gasteiger partial charge on any atom is -0.481 e. The lowest BCUT2D eigenvalue weighted by atomic mass is 9.85. The van der Waals surface area contributed by atoms with Gasteiger partial charge in [0.1, 0.15) is 5.60 Å². The van der Waals surface area contributed by atoms with Gasteiger partial charge in [-0.3, -0.25) is 10.8 Å². The van der Waals surface area contributed by atoms with Gasteiger partial charge in [0.05, 0.1) is 13.2 Å². The van der Waals surface area contributed by atoms with E-state index < -0.39 is 0 Å². The minimum absolute atomic E-state index is 0.122. The SMILES string of the molecule is CCCCCCCCCOC(=N)CCCCCCCN(CCO)CCCCCCCC(=N)OC(CCC)(CCCCCCCC)CCCCCCCC. The molecule has 0 aliphatic rings. The number of nitrogens with one attached hydrogen (secondary N) is 2. The molecule has 0 heterocycles. The highest BCUT2D eigenvalue weighted by atomic mass is 16.5. The lowest BCUT2D eigenvalue weighted by Gasteiger charge is -2.35. The van der Waals surface area contributed by atoms with Crippen LogP contribution < -0.4 is 0 Å². The van der Waals surface area contributed by atoms with E-state index in [2.05, 4.69) is 32.6 Å². The Morgan fingerprint density at radius 1 is 0.434 bits per heavy atom. The third kappa shape index (κ3) is 35.0. The predicted octanol–water partition coefficient (Wildman–Crippen LogP) is 14.7. The molecule has 0 rings (SSSR count). The first-order chi connectivity index (χ1) is 26.0. The van der Waals surface area contributed by atoms with Crippen molar-refractivity contribution in [3.63, 3.8) is 0 Å². The fourth-order valence-electron chi connectivity index (χ4n) is 7.86. The summed E-state index contributed by atoms with van der Waals surface area (Å²) in [5.41, 5.74) is -0.122. The van der Waals surface area contributed by atoms with Crippen LogP contribution in [0.3, 0.4) is 0 Å². The second kappa shape index (κ2) is 40.5. The van der Waals surface area contributed by atoms with E-state index >= 15 is 0 Å². The van der Waals surface area contributed by atoms with E-state index in [1.165, 1.54) is 167 Å². The lowest BCUT2D eigenvalue weighted by Crippen LogP contribution is -2.35. The monoisotopic (exact) mass is 750 g/mol. The van der Waals surface area contributed by atoms with Gasteiger partial charge in [-0.05, 0) is 77.3 Å². The quantitative estimate of drug-likeness (QED) is 0.0329.